The first-order valence-electron chi connectivity index (χ1n) is 8.68. The second-order valence-corrected chi connectivity index (χ2v) is 7.80. The zero-order chi connectivity index (χ0) is 14.2. The molecule has 3 nitrogen and oxygen atoms in total. The van der Waals surface area contributed by atoms with E-state index in [2.05, 4.69) is 18.7 Å². The van der Waals surface area contributed by atoms with Crippen LogP contribution in [-0.4, -0.2) is 42.3 Å². The lowest BCUT2D eigenvalue weighted by atomic mass is 9.65. The number of hydrogen-bond donors (Lipinski definition) is 1. The molecule has 2 aliphatic carbocycles. The molecule has 0 aromatic heterocycles. The van der Waals surface area contributed by atoms with Crippen molar-refractivity contribution < 1.29 is 4.74 Å². The van der Waals surface area contributed by atoms with Crippen molar-refractivity contribution in [2.45, 2.75) is 83.0 Å². The van der Waals surface area contributed by atoms with Gasteiger partial charge in [0.15, 0.2) is 0 Å². The Morgan fingerprint density at radius 1 is 0.950 bits per heavy atom. The third-order valence-corrected chi connectivity index (χ3v) is 6.38. The lowest BCUT2D eigenvalue weighted by Gasteiger charge is -2.53. The van der Waals surface area contributed by atoms with E-state index in [1.54, 1.807) is 0 Å². The molecular weight excluding hydrogens is 248 g/mol. The summed E-state index contributed by atoms with van der Waals surface area (Å²) in [5.41, 5.74) is 7.23. The maximum Gasteiger partial charge on any atom is 0.0678 e. The van der Waals surface area contributed by atoms with Gasteiger partial charge >= 0.3 is 0 Å². The second kappa shape index (κ2) is 5.58. The van der Waals surface area contributed by atoms with Crippen LogP contribution in [0, 0.1) is 5.41 Å². The highest BCUT2D eigenvalue weighted by atomic mass is 16.5. The highest BCUT2D eigenvalue weighted by Gasteiger charge is 2.47. The van der Waals surface area contributed by atoms with Gasteiger partial charge in [0.25, 0.3) is 0 Å². The normalized spacial score (nSPS) is 37.4. The van der Waals surface area contributed by atoms with Gasteiger partial charge in [-0.3, -0.25) is 4.90 Å². The van der Waals surface area contributed by atoms with Crippen LogP contribution in [0.2, 0.25) is 0 Å². The van der Waals surface area contributed by atoms with Crippen LogP contribution >= 0.6 is 0 Å². The number of morpholine rings is 1. The summed E-state index contributed by atoms with van der Waals surface area (Å²) in [6, 6.07) is 0. The SMILES string of the molecule is CC1CN(C2(CN)CCC3(CCCC3)CC2)CC(C)O1. The summed E-state index contributed by atoms with van der Waals surface area (Å²) >= 11 is 0. The maximum absolute atomic E-state index is 6.26. The monoisotopic (exact) mass is 280 g/mol. The van der Waals surface area contributed by atoms with Crippen LogP contribution in [0.15, 0.2) is 0 Å². The molecule has 1 saturated heterocycles. The Morgan fingerprint density at radius 3 is 2.00 bits per heavy atom. The van der Waals surface area contributed by atoms with E-state index < -0.39 is 0 Å². The molecule has 1 aliphatic heterocycles. The Kier molecular flexibility index (Phi) is 4.13. The molecule has 1 spiro atoms. The molecule has 2 saturated carbocycles. The highest BCUT2D eigenvalue weighted by molar-refractivity contribution is 5.02. The molecular formula is C17H32N2O. The minimum absolute atomic E-state index is 0.264. The third-order valence-electron chi connectivity index (χ3n) is 6.38. The van der Waals surface area contributed by atoms with E-state index in [9.17, 15) is 0 Å². The lowest BCUT2D eigenvalue weighted by molar-refractivity contribution is -0.114. The molecule has 0 radical (unpaired) electrons. The molecule has 3 fully saturated rings. The summed E-state index contributed by atoms with van der Waals surface area (Å²) in [7, 11) is 0. The molecule has 0 amide bonds. The fraction of sp³-hybridized carbons (Fsp3) is 1.00. The number of nitrogens with zero attached hydrogens (tertiary/aromatic N) is 1. The topological polar surface area (TPSA) is 38.5 Å². The third kappa shape index (κ3) is 2.65. The predicted molar refractivity (Wildman–Crippen MR) is 82.7 cm³/mol. The molecule has 2 N–H and O–H groups in total. The molecule has 3 heteroatoms. The minimum atomic E-state index is 0.264. The summed E-state index contributed by atoms with van der Waals surface area (Å²) in [5.74, 6) is 0. The van der Waals surface area contributed by atoms with Gasteiger partial charge < -0.3 is 10.5 Å². The summed E-state index contributed by atoms with van der Waals surface area (Å²) in [6.45, 7) is 7.36. The van der Waals surface area contributed by atoms with Crippen LogP contribution in [0.3, 0.4) is 0 Å². The molecule has 3 aliphatic rings. The van der Waals surface area contributed by atoms with Crippen molar-refractivity contribution in [3.8, 4) is 0 Å². The van der Waals surface area contributed by atoms with Crippen molar-refractivity contribution in [1.82, 2.24) is 4.90 Å². The van der Waals surface area contributed by atoms with Crippen molar-refractivity contribution in [3.05, 3.63) is 0 Å². The summed E-state index contributed by atoms with van der Waals surface area (Å²) in [4.78, 5) is 2.67. The largest absolute Gasteiger partial charge is 0.373 e. The standard InChI is InChI=1S/C17H32N2O/c1-14-11-19(12-15(2)20-14)17(13-18)9-7-16(8-10-17)5-3-4-6-16/h14-15H,3-13,18H2,1-2H3. The van der Waals surface area contributed by atoms with Crippen molar-refractivity contribution in [2.24, 2.45) is 11.1 Å². The fourth-order valence-electron chi connectivity index (χ4n) is 5.09. The van der Waals surface area contributed by atoms with Crippen molar-refractivity contribution in [3.63, 3.8) is 0 Å². The first-order chi connectivity index (χ1) is 9.57. The van der Waals surface area contributed by atoms with E-state index in [-0.39, 0.29) is 5.54 Å². The predicted octanol–water partition coefficient (Wildman–Crippen LogP) is 2.93. The van der Waals surface area contributed by atoms with Crippen molar-refractivity contribution >= 4 is 0 Å². The molecule has 2 unspecified atom stereocenters. The number of rotatable bonds is 2. The molecule has 3 rings (SSSR count). The van der Waals surface area contributed by atoms with Gasteiger partial charge in [0.1, 0.15) is 0 Å². The number of nitrogens with two attached hydrogens (primary N) is 1. The van der Waals surface area contributed by atoms with E-state index >= 15 is 0 Å². The lowest BCUT2D eigenvalue weighted by Crippen LogP contribution is -2.62. The fourth-order valence-corrected chi connectivity index (χ4v) is 5.09. The molecule has 0 aromatic rings. The van der Waals surface area contributed by atoms with Gasteiger partial charge in [-0.15, -0.1) is 0 Å². The average Bonchev–Trinajstić information content (AvgIpc) is 2.88. The molecule has 0 aromatic carbocycles. The quantitative estimate of drug-likeness (QED) is 0.845. The van der Waals surface area contributed by atoms with Crippen molar-refractivity contribution in [1.29, 1.82) is 0 Å². The van der Waals surface area contributed by atoms with E-state index in [0.29, 0.717) is 17.6 Å². The van der Waals surface area contributed by atoms with Gasteiger partial charge in [-0.1, -0.05) is 12.8 Å². The first kappa shape index (κ1) is 14.8. The van der Waals surface area contributed by atoms with E-state index in [1.165, 1.54) is 51.4 Å². The Hall–Kier alpha value is -0.120. The van der Waals surface area contributed by atoms with E-state index in [0.717, 1.165) is 19.6 Å². The van der Waals surface area contributed by atoms with Gasteiger partial charge in [-0.05, 0) is 57.8 Å². The smallest absolute Gasteiger partial charge is 0.0678 e. The highest BCUT2D eigenvalue weighted by Crippen LogP contribution is 2.52. The Bertz CT molecular complexity index is 318. The van der Waals surface area contributed by atoms with Gasteiger partial charge in [0.2, 0.25) is 0 Å². The van der Waals surface area contributed by atoms with Crippen LogP contribution in [-0.2, 0) is 4.74 Å². The van der Waals surface area contributed by atoms with Crippen LogP contribution in [0.25, 0.3) is 0 Å². The van der Waals surface area contributed by atoms with Crippen molar-refractivity contribution in [2.75, 3.05) is 19.6 Å². The van der Waals surface area contributed by atoms with E-state index in [1.807, 2.05) is 0 Å². The maximum atomic E-state index is 6.26. The molecule has 20 heavy (non-hydrogen) atoms. The molecule has 0 bridgehead atoms. The average molecular weight is 280 g/mol. The molecule has 116 valence electrons. The number of hydrogen-bond acceptors (Lipinski definition) is 3. The zero-order valence-electron chi connectivity index (χ0n) is 13.4. The number of ether oxygens (including phenoxy) is 1. The van der Waals surface area contributed by atoms with Gasteiger partial charge in [-0.25, -0.2) is 0 Å². The van der Waals surface area contributed by atoms with Gasteiger partial charge in [-0.2, -0.15) is 0 Å². The van der Waals surface area contributed by atoms with Crippen LogP contribution in [0.5, 0.6) is 0 Å². The van der Waals surface area contributed by atoms with Crippen LogP contribution in [0.4, 0.5) is 0 Å². The molecule has 2 atom stereocenters. The summed E-state index contributed by atoms with van der Waals surface area (Å²) in [5, 5.41) is 0. The van der Waals surface area contributed by atoms with Crippen LogP contribution in [0.1, 0.15) is 65.2 Å². The Labute approximate surface area is 124 Å². The van der Waals surface area contributed by atoms with Gasteiger partial charge in [0, 0.05) is 25.2 Å². The first-order valence-corrected chi connectivity index (χ1v) is 8.68. The summed E-state index contributed by atoms with van der Waals surface area (Å²) in [6.07, 6.45) is 12.0. The van der Waals surface area contributed by atoms with Crippen LogP contribution < -0.4 is 5.73 Å². The van der Waals surface area contributed by atoms with Gasteiger partial charge in [0.05, 0.1) is 12.2 Å². The zero-order valence-corrected chi connectivity index (χ0v) is 13.4. The minimum Gasteiger partial charge on any atom is -0.373 e. The van der Waals surface area contributed by atoms with E-state index in [4.69, 9.17) is 10.5 Å². The molecule has 1 heterocycles. The Morgan fingerprint density at radius 2 is 1.50 bits per heavy atom. The summed E-state index contributed by atoms with van der Waals surface area (Å²) < 4.78 is 5.91. The Balaban J connectivity index is 1.69. The second-order valence-electron chi connectivity index (χ2n) is 7.80.